The van der Waals surface area contributed by atoms with E-state index in [0.29, 0.717) is 11.7 Å². The second-order valence-corrected chi connectivity index (χ2v) is 6.60. The Bertz CT molecular complexity index is 572. The predicted molar refractivity (Wildman–Crippen MR) is 101 cm³/mol. The lowest BCUT2D eigenvalue weighted by Crippen LogP contribution is -2.00. The van der Waals surface area contributed by atoms with Gasteiger partial charge in [-0.15, -0.1) is 0 Å². The summed E-state index contributed by atoms with van der Waals surface area (Å²) in [5.74, 6) is 1.73. The predicted octanol–water partition coefficient (Wildman–Crippen LogP) is 6.09. The highest BCUT2D eigenvalue weighted by Crippen LogP contribution is 2.24. The molecule has 1 unspecified atom stereocenters. The minimum absolute atomic E-state index is 0.322. The van der Waals surface area contributed by atoms with Crippen molar-refractivity contribution < 1.29 is 9.84 Å². The van der Waals surface area contributed by atoms with Crippen LogP contribution in [-0.2, 0) is 6.42 Å². The van der Waals surface area contributed by atoms with Crippen LogP contribution >= 0.6 is 0 Å². The van der Waals surface area contributed by atoms with Gasteiger partial charge in [-0.05, 0) is 54.2 Å². The number of rotatable bonds is 10. The third-order valence-electron chi connectivity index (χ3n) is 4.44. The van der Waals surface area contributed by atoms with E-state index in [0.717, 1.165) is 25.2 Å². The third-order valence-corrected chi connectivity index (χ3v) is 4.44. The Kier molecular flexibility index (Phi) is 7.67. The minimum Gasteiger partial charge on any atom is -0.508 e. The van der Waals surface area contributed by atoms with E-state index < -0.39 is 0 Å². The molecular formula is C22H30O2. The molecule has 0 aliphatic carbocycles. The number of phenols is 1. The first-order valence-corrected chi connectivity index (χ1v) is 9.19. The van der Waals surface area contributed by atoms with Crippen LogP contribution in [0.1, 0.15) is 63.0 Å². The topological polar surface area (TPSA) is 29.5 Å². The molecule has 0 heterocycles. The first kappa shape index (κ1) is 18.4. The van der Waals surface area contributed by atoms with Crippen molar-refractivity contribution in [2.75, 3.05) is 6.61 Å². The van der Waals surface area contributed by atoms with Crippen molar-refractivity contribution in [2.24, 2.45) is 0 Å². The Morgan fingerprint density at radius 1 is 0.875 bits per heavy atom. The maximum Gasteiger partial charge on any atom is 0.119 e. The van der Waals surface area contributed by atoms with Gasteiger partial charge in [0.05, 0.1) is 6.61 Å². The molecule has 2 aromatic rings. The van der Waals surface area contributed by atoms with E-state index in [1.165, 1.54) is 36.8 Å². The number of hydrogen-bond acceptors (Lipinski definition) is 2. The van der Waals surface area contributed by atoms with Gasteiger partial charge in [-0.3, -0.25) is 0 Å². The maximum absolute atomic E-state index is 9.36. The number of phenolic OH excluding ortho intramolecular Hbond substituents is 1. The summed E-state index contributed by atoms with van der Waals surface area (Å²) in [4.78, 5) is 0. The van der Waals surface area contributed by atoms with Gasteiger partial charge in [0, 0.05) is 0 Å². The van der Waals surface area contributed by atoms with Crippen molar-refractivity contribution in [3.8, 4) is 11.5 Å². The Labute approximate surface area is 146 Å². The molecule has 1 atom stereocenters. The molecule has 0 fully saturated rings. The summed E-state index contributed by atoms with van der Waals surface area (Å²) in [5, 5.41) is 9.36. The summed E-state index contributed by atoms with van der Waals surface area (Å²) in [6.45, 7) is 5.28. The van der Waals surface area contributed by atoms with Crippen molar-refractivity contribution in [3.63, 3.8) is 0 Å². The van der Waals surface area contributed by atoms with Gasteiger partial charge in [0.25, 0.3) is 0 Å². The van der Waals surface area contributed by atoms with Crippen molar-refractivity contribution >= 4 is 0 Å². The lowest BCUT2D eigenvalue weighted by atomic mass is 9.94. The van der Waals surface area contributed by atoms with Crippen molar-refractivity contribution in [1.82, 2.24) is 0 Å². The minimum atomic E-state index is 0.322. The van der Waals surface area contributed by atoms with Gasteiger partial charge in [0.2, 0.25) is 0 Å². The van der Waals surface area contributed by atoms with E-state index in [2.05, 4.69) is 38.1 Å². The smallest absolute Gasteiger partial charge is 0.119 e. The molecule has 0 bridgehead atoms. The Hall–Kier alpha value is -1.96. The highest BCUT2D eigenvalue weighted by atomic mass is 16.5. The van der Waals surface area contributed by atoms with Crippen LogP contribution in [0.2, 0.25) is 0 Å². The highest BCUT2D eigenvalue weighted by molar-refractivity contribution is 5.32. The van der Waals surface area contributed by atoms with E-state index in [4.69, 9.17) is 4.74 Å². The number of ether oxygens (including phenoxy) is 1. The van der Waals surface area contributed by atoms with Gasteiger partial charge in [0.1, 0.15) is 11.5 Å². The van der Waals surface area contributed by atoms with E-state index >= 15 is 0 Å². The molecule has 0 radical (unpaired) electrons. The molecule has 0 spiro atoms. The molecular weight excluding hydrogens is 296 g/mol. The average molecular weight is 326 g/mol. The zero-order valence-corrected chi connectivity index (χ0v) is 15.0. The first-order chi connectivity index (χ1) is 11.7. The summed E-state index contributed by atoms with van der Waals surface area (Å²) in [5.41, 5.74) is 2.56. The monoisotopic (exact) mass is 326 g/mol. The van der Waals surface area contributed by atoms with Crippen molar-refractivity contribution in [2.45, 2.75) is 58.3 Å². The number of hydrogen-bond donors (Lipinski definition) is 1. The molecule has 0 saturated heterocycles. The zero-order valence-electron chi connectivity index (χ0n) is 15.0. The molecule has 0 saturated carbocycles. The van der Waals surface area contributed by atoms with Crippen LogP contribution in [0.15, 0.2) is 48.5 Å². The number of benzene rings is 2. The van der Waals surface area contributed by atoms with Gasteiger partial charge in [0.15, 0.2) is 0 Å². The first-order valence-electron chi connectivity index (χ1n) is 9.19. The van der Waals surface area contributed by atoms with Crippen LogP contribution in [0.25, 0.3) is 0 Å². The molecule has 1 N–H and O–H groups in total. The lowest BCUT2D eigenvalue weighted by molar-refractivity contribution is 0.304. The van der Waals surface area contributed by atoms with Crippen LogP contribution in [0.5, 0.6) is 11.5 Å². The van der Waals surface area contributed by atoms with Crippen LogP contribution in [-0.4, -0.2) is 11.7 Å². The van der Waals surface area contributed by atoms with Crippen LogP contribution in [0.4, 0.5) is 0 Å². The highest BCUT2D eigenvalue weighted by Gasteiger charge is 2.07. The molecule has 130 valence electrons. The van der Waals surface area contributed by atoms with Crippen molar-refractivity contribution in [3.05, 3.63) is 59.7 Å². The molecule has 0 aliphatic heterocycles. The molecule has 0 aromatic heterocycles. The second-order valence-electron chi connectivity index (χ2n) is 6.60. The second kappa shape index (κ2) is 10.0. The third kappa shape index (κ3) is 6.27. The molecule has 2 rings (SSSR count). The van der Waals surface area contributed by atoms with E-state index in [9.17, 15) is 5.11 Å². The fourth-order valence-corrected chi connectivity index (χ4v) is 2.89. The van der Waals surface area contributed by atoms with Gasteiger partial charge < -0.3 is 9.84 Å². The molecule has 0 aliphatic rings. The molecule has 24 heavy (non-hydrogen) atoms. The SMILES string of the molecule is CCCCCCCOc1ccc(C(C)Cc2ccc(O)cc2)cc1. The van der Waals surface area contributed by atoms with Crippen molar-refractivity contribution in [1.29, 1.82) is 0 Å². The van der Waals surface area contributed by atoms with Crippen LogP contribution in [0.3, 0.4) is 0 Å². The number of unbranched alkanes of at least 4 members (excludes halogenated alkanes) is 4. The molecule has 0 amide bonds. The van der Waals surface area contributed by atoms with E-state index in [-0.39, 0.29) is 0 Å². The Balaban J connectivity index is 1.77. The maximum atomic E-state index is 9.36. The summed E-state index contributed by atoms with van der Waals surface area (Å²) < 4.78 is 5.82. The summed E-state index contributed by atoms with van der Waals surface area (Å²) in [7, 11) is 0. The van der Waals surface area contributed by atoms with Gasteiger partial charge in [-0.2, -0.15) is 0 Å². The molecule has 2 aromatic carbocycles. The molecule has 2 heteroatoms. The Morgan fingerprint density at radius 3 is 2.21 bits per heavy atom. The number of aromatic hydroxyl groups is 1. The normalized spacial score (nSPS) is 12.1. The van der Waals surface area contributed by atoms with E-state index in [1.54, 1.807) is 12.1 Å². The van der Waals surface area contributed by atoms with Gasteiger partial charge >= 0.3 is 0 Å². The summed E-state index contributed by atoms with van der Waals surface area (Å²) >= 11 is 0. The lowest BCUT2D eigenvalue weighted by Gasteiger charge is -2.13. The fourth-order valence-electron chi connectivity index (χ4n) is 2.89. The largest absolute Gasteiger partial charge is 0.508 e. The standard InChI is InChI=1S/C22H30O2/c1-3-4-5-6-7-16-24-22-14-10-20(11-15-22)18(2)17-19-8-12-21(23)13-9-19/h8-15,18,23H,3-7,16-17H2,1-2H3. The van der Waals surface area contributed by atoms with Gasteiger partial charge in [-0.25, -0.2) is 0 Å². The summed E-state index contributed by atoms with van der Waals surface area (Å²) in [6.07, 6.45) is 7.29. The van der Waals surface area contributed by atoms with Crippen LogP contribution < -0.4 is 4.74 Å². The van der Waals surface area contributed by atoms with Gasteiger partial charge in [-0.1, -0.05) is 63.8 Å². The quantitative estimate of drug-likeness (QED) is 0.535. The fraction of sp³-hybridized carbons (Fsp3) is 0.455. The van der Waals surface area contributed by atoms with E-state index in [1.807, 2.05) is 12.1 Å². The molecule has 2 nitrogen and oxygen atoms in total. The van der Waals surface area contributed by atoms with Crippen LogP contribution in [0, 0.1) is 0 Å². The Morgan fingerprint density at radius 2 is 1.54 bits per heavy atom. The average Bonchev–Trinajstić information content (AvgIpc) is 2.60. The zero-order chi connectivity index (χ0) is 17.2. The summed E-state index contributed by atoms with van der Waals surface area (Å²) in [6, 6.07) is 16.0.